The van der Waals surface area contributed by atoms with Gasteiger partial charge in [0, 0.05) is 37.3 Å². The van der Waals surface area contributed by atoms with E-state index in [9.17, 15) is 13.6 Å². The summed E-state index contributed by atoms with van der Waals surface area (Å²) in [7, 11) is 1.31. The van der Waals surface area contributed by atoms with Crippen LogP contribution in [0.1, 0.15) is 13.8 Å². The van der Waals surface area contributed by atoms with Crippen LogP contribution in [0.15, 0.2) is 12.1 Å². The maximum absolute atomic E-state index is 13.4. The number of nitriles is 1. The number of carbonyl (C=O) groups excluding carboxylic acids is 1. The number of halogens is 2. The highest BCUT2D eigenvalue weighted by atomic mass is 19.2. The molecule has 1 aromatic carbocycles. The van der Waals surface area contributed by atoms with E-state index in [4.69, 9.17) is 10.00 Å². The van der Waals surface area contributed by atoms with Gasteiger partial charge in [0.2, 0.25) is 0 Å². The van der Waals surface area contributed by atoms with Gasteiger partial charge in [-0.2, -0.15) is 5.26 Å². The molecule has 8 heteroatoms. The second-order valence-electron chi connectivity index (χ2n) is 5.83. The SMILES string of the molecule is COc1cc(F)c(F)cc1NC(=O)N1C[C@H](C)N(CC#N)[C@@H](C)C1. The summed E-state index contributed by atoms with van der Waals surface area (Å²) < 4.78 is 31.6. The number of methoxy groups -OCH3 is 1. The lowest BCUT2D eigenvalue weighted by atomic mass is 10.1. The van der Waals surface area contributed by atoms with Gasteiger partial charge in [-0.1, -0.05) is 0 Å². The van der Waals surface area contributed by atoms with Gasteiger partial charge in [0.1, 0.15) is 5.75 Å². The molecule has 2 rings (SSSR count). The van der Waals surface area contributed by atoms with Gasteiger partial charge in [0.15, 0.2) is 11.6 Å². The molecular formula is C16H20F2N4O2. The van der Waals surface area contributed by atoms with Gasteiger partial charge in [-0.15, -0.1) is 0 Å². The van der Waals surface area contributed by atoms with E-state index in [-0.39, 0.29) is 23.5 Å². The maximum atomic E-state index is 13.4. The van der Waals surface area contributed by atoms with E-state index < -0.39 is 17.7 Å². The third-order valence-corrected chi connectivity index (χ3v) is 4.13. The van der Waals surface area contributed by atoms with Crippen LogP contribution in [0.4, 0.5) is 19.3 Å². The molecule has 0 aliphatic carbocycles. The second kappa shape index (κ2) is 7.45. The standard InChI is InChI=1S/C16H20F2N4O2/c1-10-8-21(9-11(2)22(10)5-4-19)16(23)20-14-6-12(17)13(18)7-15(14)24-3/h6-7,10-11H,5,8-9H2,1-3H3,(H,20,23)/t10-,11-/m0/s1. The number of hydrogen-bond donors (Lipinski definition) is 1. The van der Waals surface area contributed by atoms with Crippen LogP contribution in [0.2, 0.25) is 0 Å². The van der Waals surface area contributed by atoms with Crippen molar-refractivity contribution in [3.05, 3.63) is 23.8 Å². The Morgan fingerprint density at radius 2 is 1.92 bits per heavy atom. The Labute approximate surface area is 139 Å². The second-order valence-corrected chi connectivity index (χ2v) is 5.83. The van der Waals surface area contributed by atoms with Crippen LogP contribution in [-0.2, 0) is 0 Å². The topological polar surface area (TPSA) is 68.6 Å². The normalized spacial score (nSPS) is 21.2. The molecule has 1 fully saturated rings. The maximum Gasteiger partial charge on any atom is 0.322 e. The van der Waals surface area contributed by atoms with Crippen LogP contribution in [0.25, 0.3) is 0 Å². The van der Waals surface area contributed by atoms with E-state index in [1.165, 1.54) is 7.11 Å². The Kier molecular flexibility index (Phi) is 5.57. The molecule has 2 atom stereocenters. The van der Waals surface area contributed by atoms with Crippen molar-refractivity contribution in [3.63, 3.8) is 0 Å². The summed E-state index contributed by atoms with van der Waals surface area (Å²) in [6, 6.07) is 3.52. The number of amides is 2. The summed E-state index contributed by atoms with van der Waals surface area (Å²) in [5.74, 6) is -2.06. The molecule has 0 saturated carbocycles. The molecule has 0 aromatic heterocycles. The molecule has 1 heterocycles. The molecule has 6 nitrogen and oxygen atoms in total. The fraction of sp³-hybridized carbons (Fsp3) is 0.500. The van der Waals surface area contributed by atoms with Crippen molar-refractivity contribution in [3.8, 4) is 11.8 Å². The minimum atomic E-state index is -1.06. The summed E-state index contributed by atoms with van der Waals surface area (Å²) in [4.78, 5) is 16.1. The Balaban J connectivity index is 2.11. The van der Waals surface area contributed by atoms with E-state index in [0.717, 1.165) is 12.1 Å². The van der Waals surface area contributed by atoms with Gasteiger partial charge in [-0.3, -0.25) is 4.90 Å². The Morgan fingerprint density at radius 3 is 2.46 bits per heavy atom. The number of benzene rings is 1. The highest BCUT2D eigenvalue weighted by Crippen LogP contribution is 2.28. The van der Waals surface area contributed by atoms with Crippen LogP contribution in [0, 0.1) is 23.0 Å². The first kappa shape index (κ1) is 17.9. The largest absolute Gasteiger partial charge is 0.494 e. The number of piperazine rings is 1. The van der Waals surface area contributed by atoms with E-state index in [2.05, 4.69) is 11.4 Å². The zero-order chi connectivity index (χ0) is 17.9. The quantitative estimate of drug-likeness (QED) is 0.860. The number of anilines is 1. The number of rotatable bonds is 3. The molecular weight excluding hydrogens is 318 g/mol. The number of carbonyl (C=O) groups is 1. The summed E-state index contributed by atoms with van der Waals surface area (Å²) in [6.07, 6.45) is 0. The lowest BCUT2D eigenvalue weighted by Gasteiger charge is -2.43. The molecule has 130 valence electrons. The van der Waals surface area contributed by atoms with Crippen LogP contribution in [0.5, 0.6) is 5.75 Å². The van der Waals surface area contributed by atoms with E-state index in [1.54, 1.807) is 4.90 Å². The van der Waals surface area contributed by atoms with Crippen molar-refractivity contribution in [1.82, 2.24) is 9.80 Å². The van der Waals surface area contributed by atoms with Crippen LogP contribution >= 0.6 is 0 Å². The molecule has 1 N–H and O–H groups in total. The average molecular weight is 338 g/mol. The number of hydrogen-bond acceptors (Lipinski definition) is 4. The summed E-state index contributed by atoms with van der Waals surface area (Å²) >= 11 is 0. The number of ether oxygens (including phenoxy) is 1. The highest BCUT2D eigenvalue weighted by molar-refractivity contribution is 5.91. The van der Waals surface area contributed by atoms with Gasteiger partial charge in [0.25, 0.3) is 0 Å². The minimum Gasteiger partial charge on any atom is -0.494 e. The van der Waals surface area contributed by atoms with Gasteiger partial charge in [-0.05, 0) is 13.8 Å². The number of urea groups is 1. The third-order valence-electron chi connectivity index (χ3n) is 4.13. The molecule has 2 amide bonds. The van der Waals surface area contributed by atoms with Gasteiger partial charge < -0.3 is 15.0 Å². The van der Waals surface area contributed by atoms with Crippen LogP contribution in [-0.4, -0.2) is 54.7 Å². The van der Waals surface area contributed by atoms with Crippen LogP contribution < -0.4 is 10.1 Å². The Hall–Kier alpha value is -2.40. The molecule has 0 spiro atoms. The van der Waals surface area contributed by atoms with E-state index >= 15 is 0 Å². The van der Waals surface area contributed by atoms with Crippen molar-refractivity contribution in [1.29, 1.82) is 5.26 Å². The first-order valence-corrected chi connectivity index (χ1v) is 7.59. The van der Waals surface area contributed by atoms with Gasteiger partial charge in [0.05, 0.1) is 25.4 Å². The fourth-order valence-electron chi connectivity index (χ4n) is 2.91. The summed E-state index contributed by atoms with van der Waals surface area (Å²) in [6.45, 7) is 5.04. The predicted octanol–water partition coefficient (Wildman–Crippen LogP) is 2.42. The summed E-state index contributed by atoms with van der Waals surface area (Å²) in [5.41, 5.74) is 0.0705. The van der Waals surface area contributed by atoms with Crippen molar-refractivity contribution < 1.29 is 18.3 Å². The van der Waals surface area contributed by atoms with Crippen molar-refractivity contribution in [2.24, 2.45) is 0 Å². The highest BCUT2D eigenvalue weighted by Gasteiger charge is 2.31. The average Bonchev–Trinajstić information content (AvgIpc) is 2.53. The predicted molar refractivity (Wildman–Crippen MR) is 84.7 cm³/mol. The van der Waals surface area contributed by atoms with Crippen molar-refractivity contribution >= 4 is 11.7 Å². The lowest BCUT2D eigenvalue weighted by molar-refractivity contribution is 0.0703. The van der Waals surface area contributed by atoms with Crippen molar-refractivity contribution in [2.75, 3.05) is 32.1 Å². The van der Waals surface area contributed by atoms with Crippen LogP contribution in [0.3, 0.4) is 0 Å². The van der Waals surface area contributed by atoms with Crippen molar-refractivity contribution in [2.45, 2.75) is 25.9 Å². The van der Waals surface area contributed by atoms with Gasteiger partial charge in [-0.25, -0.2) is 13.6 Å². The third kappa shape index (κ3) is 3.74. The molecule has 1 saturated heterocycles. The number of nitrogens with zero attached hydrogens (tertiary/aromatic N) is 3. The Bertz CT molecular complexity index is 650. The fourth-order valence-corrected chi connectivity index (χ4v) is 2.91. The molecule has 1 aliphatic rings. The first-order valence-electron chi connectivity index (χ1n) is 7.59. The molecule has 1 aromatic rings. The number of nitrogens with one attached hydrogen (secondary N) is 1. The molecule has 1 aliphatic heterocycles. The molecule has 0 radical (unpaired) electrons. The first-order chi connectivity index (χ1) is 11.4. The van der Waals surface area contributed by atoms with Gasteiger partial charge >= 0.3 is 6.03 Å². The van der Waals surface area contributed by atoms with E-state index in [1.807, 2.05) is 18.7 Å². The summed E-state index contributed by atoms with van der Waals surface area (Å²) in [5, 5.41) is 11.4. The molecule has 0 bridgehead atoms. The monoisotopic (exact) mass is 338 g/mol. The zero-order valence-corrected chi connectivity index (χ0v) is 13.8. The smallest absolute Gasteiger partial charge is 0.322 e. The lowest BCUT2D eigenvalue weighted by Crippen LogP contribution is -2.58. The van der Waals surface area contributed by atoms with E-state index in [0.29, 0.717) is 19.6 Å². The zero-order valence-electron chi connectivity index (χ0n) is 13.8. The molecule has 24 heavy (non-hydrogen) atoms. The Morgan fingerprint density at radius 1 is 1.33 bits per heavy atom. The molecule has 0 unspecified atom stereocenters. The minimum absolute atomic E-state index is 0.0194.